The molecular formula is C15H31NOSSi. The molecule has 0 heterocycles. The van der Waals surface area contributed by atoms with Gasteiger partial charge in [0.25, 0.3) is 0 Å². The standard InChI is InChI=1S/C15H31NOSSi/c1-9-10-11-15(5,12-13-19(6,7)8)16-18(17)14(2,3)4/h16H,9-11H2,1-8H3/t15-,18-/m0/s1. The molecule has 0 aromatic carbocycles. The van der Waals surface area contributed by atoms with Crippen LogP contribution < -0.4 is 4.72 Å². The van der Waals surface area contributed by atoms with Crippen LogP contribution in [0.5, 0.6) is 0 Å². The maximum absolute atomic E-state index is 12.3. The monoisotopic (exact) mass is 301 g/mol. The van der Waals surface area contributed by atoms with Crippen LogP contribution in [0.15, 0.2) is 0 Å². The van der Waals surface area contributed by atoms with E-state index in [1.807, 2.05) is 20.8 Å². The average Bonchev–Trinajstić information content (AvgIpc) is 2.22. The Hall–Kier alpha value is -0.113. The Morgan fingerprint density at radius 2 is 1.68 bits per heavy atom. The van der Waals surface area contributed by atoms with E-state index in [2.05, 4.69) is 49.7 Å². The van der Waals surface area contributed by atoms with Gasteiger partial charge in [-0.25, -0.2) is 8.93 Å². The Bertz CT molecular complexity index is 370. The molecule has 0 spiro atoms. The minimum Gasteiger partial charge on any atom is -0.242 e. The van der Waals surface area contributed by atoms with Crippen LogP contribution in [0.25, 0.3) is 0 Å². The summed E-state index contributed by atoms with van der Waals surface area (Å²) in [6, 6.07) is 0. The van der Waals surface area contributed by atoms with Crippen molar-refractivity contribution in [1.29, 1.82) is 0 Å². The van der Waals surface area contributed by atoms with Crippen molar-refractivity contribution in [1.82, 2.24) is 4.72 Å². The number of nitrogens with one attached hydrogen (secondary N) is 1. The van der Waals surface area contributed by atoms with Crippen molar-refractivity contribution in [2.24, 2.45) is 0 Å². The van der Waals surface area contributed by atoms with E-state index in [9.17, 15) is 4.21 Å². The highest BCUT2D eigenvalue weighted by molar-refractivity contribution is 7.84. The third-order valence-corrected chi connectivity index (χ3v) is 5.24. The first-order valence-corrected chi connectivity index (χ1v) is 11.8. The molecule has 0 amide bonds. The summed E-state index contributed by atoms with van der Waals surface area (Å²) in [5.41, 5.74) is 3.08. The van der Waals surface area contributed by atoms with Crippen molar-refractivity contribution in [2.75, 3.05) is 0 Å². The molecule has 0 aromatic rings. The molecule has 2 nitrogen and oxygen atoms in total. The van der Waals surface area contributed by atoms with Crippen LogP contribution in [0, 0.1) is 11.5 Å². The van der Waals surface area contributed by atoms with Crippen molar-refractivity contribution >= 4 is 19.1 Å². The predicted molar refractivity (Wildman–Crippen MR) is 90.1 cm³/mol. The first-order chi connectivity index (χ1) is 8.40. The van der Waals surface area contributed by atoms with Gasteiger partial charge in [-0.15, -0.1) is 5.54 Å². The molecule has 19 heavy (non-hydrogen) atoms. The summed E-state index contributed by atoms with van der Waals surface area (Å²) >= 11 is 0. The summed E-state index contributed by atoms with van der Waals surface area (Å²) in [6.07, 6.45) is 3.18. The van der Waals surface area contributed by atoms with Crippen LogP contribution in [0.2, 0.25) is 19.6 Å². The van der Waals surface area contributed by atoms with Gasteiger partial charge in [0.15, 0.2) is 0 Å². The van der Waals surface area contributed by atoms with E-state index in [1.54, 1.807) is 0 Å². The minimum atomic E-state index is -1.40. The van der Waals surface area contributed by atoms with Gasteiger partial charge in [0, 0.05) is 0 Å². The van der Waals surface area contributed by atoms with Crippen LogP contribution in [0.3, 0.4) is 0 Å². The Labute approximate surface area is 123 Å². The number of hydrogen-bond donors (Lipinski definition) is 1. The third kappa shape index (κ3) is 8.62. The van der Waals surface area contributed by atoms with Gasteiger partial charge < -0.3 is 0 Å². The maximum Gasteiger partial charge on any atom is 0.129 e. The Morgan fingerprint density at radius 3 is 2.05 bits per heavy atom. The lowest BCUT2D eigenvalue weighted by molar-refractivity contribution is 0.476. The molecule has 112 valence electrons. The molecule has 0 rings (SSSR count). The highest BCUT2D eigenvalue weighted by atomic mass is 32.2. The molecule has 0 aliphatic carbocycles. The normalized spacial score (nSPS) is 17.3. The van der Waals surface area contributed by atoms with Gasteiger partial charge in [0.1, 0.15) is 8.07 Å². The SMILES string of the molecule is CCCC[C@@](C)(C#C[Si](C)(C)C)N[S@@](=O)C(C)(C)C. The van der Waals surface area contributed by atoms with E-state index in [-0.39, 0.29) is 10.3 Å². The quantitative estimate of drug-likeness (QED) is 0.606. The largest absolute Gasteiger partial charge is 0.242 e. The van der Waals surface area contributed by atoms with Crippen LogP contribution >= 0.6 is 0 Å². The minimum absolute atomic E-state index is 0.256. The lowest BCUT2D eigenvalue weighted by Gasteiger charge is -2.29. The molecule has 0 saturated heterocycles. The van der Waals surface area contributed by atoms with Crippen molar-refractivity contribution in [3.63, 3.8) is 0 Å². The summed E-state index contributed by atoms with van der Waals surface area (Å²) in [7, 11) is -2.48. The Morgan fingerprint density at radius 1 is 1.16 bits per heavy atom. The fourth-order valence-corrected chi connectivity index (χ4v) is 2.87. The Balaban J connectivity index is 5.07. The predicted octanol–water partition coefficient (Wildman–Crippen LogP) is 3.87. The molecule has 1 N–H and O–H groups in total. The molecular weight excluding hydrogens is 270 g/mol. The average molecular weight is 302 g/mol. The molecule has 0 radical (unpaired) electrons. The zero-order valence-corrected chi connectivity index (χ0v) is 15.8. The summed E-state index contributed by atoms with van der Waals surface area (Å²) in [4.78, 5) is 0. The van der Waals surface area contributed by atoms with E-state index >= 15 is 0 Å². The van der Waals surface area contributed by atoms with Crippen molar-refractivity contribution in [2.45, 2.75) is 83.8 Å². The molecule has 0 fully saturated rings. The van der Waals surface area contributed by atoms with Gasteiger partial charge in [-0.05, 0) is 34.1 Å². The smallest absolute Gasteiger partial charge is 0.129 e. The molecule has 0 saturated carbocycles. The summed E-state index contributed by atoms with van der Waals surface area (Å²) in [6.45, 7) is 16.9. The molecule has 0 unspecified atom stereocenters. The van der Waals surface area contributed by atoms with Crippen LogP contribution in [-0.2, 0) is 11.0 Å². The molecule has 0 aromatic heterocycles. The van der Waals surface area contributed by atoms with E-state index in [0.717, 1.165) is 19.3 Å². The Kier molecular flexibility index (Phi) is 7.01. The van der Waals surface area contributed by atoms with Gasteiger partial charge in [-0.1, -0.05) is 45.3 Å². The van der Waals surface area contributed by atoms with Gasteiger partial charge in [-0.3, -0.25) is 0 Å². The van der Waals surface area contributed by atoms with E-state index in [0.29, 0.717) is 0 Å². The van der Waals surface area contributed by atoms with Crippen LogP contribution in [-0.4, -0.2) is 22.6 Å². The van der Waals surface area contributed by atoms with Gasteiger partial charge >= 0.3 is 0 Å². The number of rotatable bonds is 5. The van der Waals surface area contributed by atoms with Crippen molar-refractivity contribution in [3.05, 3.63) is 0 Å². The second-order valence-electron chi connectivity index (χ2n) is 7.42. The maximum atomic E-state index is 12.3. The lowest BCUT2D eigenvalue weighted by Crippen LogP contribution is -2.47. The first kappa shape index (κ1) is 18.9. The van der Waals surface area contributed by atoms with Crippen LogP contribution in [0.1, 0.15) is 53.9 Å². The van der Waals surface area contributed by atoms with Gasteiger partial charge in [0.05, 0.1) is 21.3 Å². The molecule has 4 heteroatoms. The second kappa shape index (κ2) is 7.06. The van der Waals surface area contributed by atoms with E-state index in [4.69, 9.17) is 0 Å². The third-order valence-electron chi connectivity index (χ3n) is 2.62. The van der Waals surface area contributed by atoms with Crippen LogP contribution in [0.4, 0.5) is 0 Å². The topological polar surface area (TPSA) is 29.1 Å². The second-order valence-corrected chi connectivity index (χ2v) is 14.1. The molecule has 0 aliphatic heterocycles. The summed E-state index contributed by atoms with van der Waals surface area (Å²) in [5.74, 6) is 3.38. The van der Waals surface area contributed by atoms with Crippen molar-refractivity contribution < 1.29 is 4.21 Å². The first-order valence-electron chi connectivity index (χ1n) is 7.14. The molecule has 2 atom stereocenters. The lowest BCUT2D eigenvalue weighted by atomic mass is 9.98. The molecule has 0 aliphatic rings. The fraction of sp³-hybridized carbons (Fsp3) is 0.867. The zero-order valence-electron chi connectivity index (χ0n) is 13.9. The molecule has 0 bridgehead atoms. The summed E-state index contributed by atoms with van der Waals surface area (Å²) < 4.78 is 15.3. The number of unbranched alkanes of at least 4 members (excludes halogenated alkanes) is 1. The van der Waals surface area contributed by atoms with Crippen molar-refractivity contribution in [3.8, 4) is 11.5 Å². The highest BCUT2D eigenvalue weighted by Crippen LogP contribution is 2.18. The summed E-state index contributed by atoms with van der Waals surface area (Å²) in [5, 5.41) is 0. The van der Waals surface area contributed by atoms with E-state index < -0.39 is 19.1 Å². The van der Waals surface area contributed by atoms with Gasteiger partial charge in [-0.2, -0.15) is 0 Å². The zero-order chi connectivity index (χ0) is 15.3. The van der Waals surface area contributed by atoms with Gasteiger partial charge in [0.2, 0.25) is 0 Å². The highest BCUT2D eigenvalue weighted by Gasteiger charge is 2.29. The van der Waals surface area contributed by atoms with E-state index in [1.165, 1.54) is 0 Å². The fourth-order valence-electron chi connectivity index (χ4n) is 1.35. The number of hydrogen-bond acceptors (Lipinski definition) is 1.